The number of benzene rings is 1. The first-order chi connectivity index (χ1) is 9.10. The molecule has 2 aliphatic rings. The third-order valence-electron chi connectivity index (χ3n) is 4.59. The standard InChI is InChI=1S/C15H20F2N2/c16-11-7-12(17)14(13(18)8-11)19-9-15(10-19)5-3-1-2-4-6-15/h7-8H,1-6,9-10,18H2. The van der Waals surface area contributed by atoms with Crippen LogP contribution >= 0.6 is 0 Å². The topological polar surface area (TPSA) is 29.3 Å². The van der Waals surface area contributed by atoms with E-state index in [1.54, 1.807) is 0 Å². The number of halogens is 2. The summed E-state index contributed by atoms with van der Waals surface area (Å²) in [6, 6.07) is 2.13. The first-order valence-corrected chi connectivity index (χ1v) is 7.09. The van der Waals surface area contributed by atoms with Gasteiger partial charge >= 0.3 is 0 Å². The third-order valence-corrected chi connectivity index (χ3v) is 4.59. The van der Waals surface area contributed by atoms with Gasteiger partial charge in [0.05, 0.1) is 11.4 Å². The largest absolute Gasteiger partial charge is 0.397 e. The molecule has 0 aromatic heterocycles. The van der Waals surface area contributed by atoms with Gasteiger partial charge in [0.15, 0.2) is 5.82 Å². The van der Waals surface area contributed by atoms with Gasteiger partial charge in [-0.15, -0.1) is 0 Å². The van der Waals surface area contributed by atoms with E-state index in [-0.39, 0.29) is 5.69 Å². The highest BCUT2D eigenvalue weighted by Gasteiger charge is 2.43. The van der Waals surface area contributed by atoms with Gasteiger partial charge in [-0.25, -0.2) is 8.78 Å². The summed E-state index contributed by atoms with van der Waals surface area (Å²) in [7, 11) is 0. The van der Waals surface area contributed by atoms with Gasteiger partial charge in [-0.1, -0.05) is 25.7 Å². The summed E-state index contributed by atoms with van der Waals surface area (Å²) < 4.78 is 26.9. The van der Waals surface area contributed by atoms with Gasteiger partial charge in [0.25, 0.3) is 0 Å². The Labute approximate surface area is 112 Å². The number of nitrogens with two attached hydrogens (primary N) is 1. The summed E-state index contributed by atoms with van der Waals surface area (Å²) in [5, 5.41) is 0. The Bertz CT molecular complexity index is 448. The van der Waals surface area contributed by atoms with Gasteiger partial charge in [0.2, 0.25) is 0 Å². The van der Waals surface area contributed by atoms with Crippen molar-refractivity contribution in [1.82, 2.24) is 0 Å². The second-order valence-corrected chi connectivity index (χ2v) is 6.10. The molecule has 0 unspecified atom stereocenters. The molecule has 19 heavy (non-hydrogen) atoms. The Morgan fingerprint density at radius 1 is 1.00 bits per heavy atom. The van der Waals surface area contributed by atoms with Crippen LogP contribution in [0.4, 0.5) is 20.2 Å². The summed E-state index contributed by atoms with van der Waals surface area (Å²) in [5.74, 6) is -1.15. The fraction of sp³-hybridized carbons (Fsp3) is 0.600. The van der Waals surface area contributed by atoms with E-state index in [9.17, 15) is 8.78 Å². The highest BCUT2D eigenvalue weighted by molar-refractivity contribution is 5.69. The lowest BCUT2D eigenvalue weighted by Gasteiger charge is -2.52. The molecule has 1 heterocycles. The first kappa shape index (κ1) is 12.7. The maximum Gasteiger partial charge on any atom is 0.151 e. The molecule has 0 amide bonds. The minimum atomic E-state index is -0.608. The average molecular weight is 266 g/mol. The average Bonchev–Trinajstić information content (AvgIpc) is 2.52. The van der Waals surface area contributed by atoms with Crippen molar-refractivity contribution in [3.05, 3.63) is 23.8 Å². The normalized spacial score (nSPS) is 22.1. The lowest BCUT2D eigenvalue weighted by Crippen LogP contribution is -2.56. The van der Waals surface area contributed by atoms with Crippen molar-refractivity contribution in [3.63, 3.8) is 0 Å². The fourth-order valence-corrected chi connectivity index (χ4v) is 3.64. The molecule has 2 nitrogen and oxygen atoms in total. The lowest BCUT2D eigenvalue weighted by atomic mass is 9.73. The van der Waals surface area contributed by atoms with Crippen LogP contribution in [0, 0.1) is 17.0 Å². The van der Waals surface area contributed by atoms with Crippen LogP contribution in [0.25, 0.3) is 0 Å². The van der Waals surface area contributed by atoms with E-state index in [1.807, 2.05) is 4.90 Å². The van der Waals surface area contributed by atoms with Crippen molar-refractivity contribution in [3.8, 4) is 0 Å². The molecule has 1 aliphatic carbocycles. The predicted octanol–water partition coefficient (Wildman–Crippen LogP) is 3.71. The molecular formula is C15H20F2N2. The van der Waals surface area contributed by atoms with Crippen LogP contribution in [0.15, 0.2) is 12.1 Å². The van der Waals surface area contributed by atoms with E-state index in [1.165, 1.54) is 44.6 Å². The molecule has 4 heteroatoms. The highest BCUT2D eigenvalue weighted by atomic mass is 19.1. The molecule has 1 aliphatic heterocycles. The monoisotopic (exact) mass is 266 g/mol. The zero-order valence-electron chi connectivity index (χ0n) is 11.1. The summed E-state index contributed by atoms with van der Waals surface area (Å²) in [4.78, 5) is 1.97. The first-order valence-electron chi connectivity index (χ1n) is 7.09. The summed E-state index contributed by atoms with van der Waals surface area (Å²) >= 11 is 0. The molecule has 2 N–H and O–H groups in total. The fourth-order valence-electron chi connectivity index (χ4n) is 3.64. The van der Waals surface area contributed by atoms with Crippen LogP contribution in [-0.2, 0) is 0 Å². The van der Waals surface area contributed by atoms with Crippen molar-refractivity contribution in [2.24, 2.45) is 5.41 Å². The number of hydrogen-bond donors (Lipinski definition) is 1. The van der Waals surface area contributed by atoms with Crippen LogP contribution < -0.4 is 10.6 Å². The second kappa shape index (κ2) is 4.66. The summed E-state index contributed by atoms with van der Waals surface area (Å²) in [6.45, 7) is 1.72. The minimum Gasteiger partial charge on any atom is -0.397 e. The van der Waals surface area contributed by atoms with Crippen LogP contribution in [0.3, 0.4) is 0 Å². The van der Waals surface area contributed by atoms with Crippen molar-refractivity contribution < 1.29 is 8.78 Å². The molecule has 0 bridgehead atoms. The van der Waals surface area contributed by atoms with Gasteiger partial charge in [0, 0.05) is 24.6 Å². The molecule has 1 saturated carbocycles. The Kier molecular flexibility index (Phi) is 3.11. The van der Waals surface area contributed by atoms with Crippen molar-refractivity contribution in [2.45, 2.75) is 38.5 Å². The molecule has 0 radical (unpaired) electrons. The van der Waals surface area contributed by atoms with Gasteiger partial charge in [-0.05, 0) is 18.9 Å². The van der Waals surface area contributed by atoms with Crippen LogP contribution in [0.5, 0.6) is 0 Å². The van der Waals surface area contributed by atoms with Crippen molar-refractivity contribution in [2.75, 3.05) is 23.7 Å². The molecule has 0 atom stereocenters. The van der Waals surface area contributed by atoms with Crippen LogP contribution in [0.2, 0.25) is 0 Å². The highest BCUT2D eigenvalue weighted by Crippen LogP contribution is 2.46. The van der Waals surface area contributed by atoms with Gasteiger partial charge in [-0.2, -0.15) is 0 Å². The Morgan fingerprint density at radius 3 is 2.21 bits per heavy atom. The number of nitrogen functional groups attached to an aromatic ring is 1. The predicted molar refractivity (Wildman–Crippen MR) is 73.1 cm³/mol. The number of nitrogens with zero attached hydrogens (tertiary/aromatic N) is 1. The van der Waals surface area contributed by atoms with E-state index < -0.39 is 11.6 Å². The maximum atomic E-state index is 13.9. The minimum absolute atomic E-state index is 0.209. The van der Waals surface area contributed by atoms with E-state index >= 15 is 0 Å². The van der Waals surface area contributed by atoms with E-state index in [0.717, 1.165) is 19.2 Å². The molecule has 104 valence electrons. The lowest BCUT2D eigenvalue weighted by molar-refractivity contribution is 0.179. The Balaban J connectivity index is 1.76. The second-order valence-electron chi connectivity index (χ2n) is 6.10. The number of rotatable bonds is 1. The quantitative estimate of drug-likeness (QED) is 0.785. The number of anilines is 2. The van der Waals surface area contributed by atoms with Gasteiger partial charge in [0.1, 0.15) is 5.82 Å². The van der Waals surface area contributed by atoms with Crippen molar-refractivity contribution >= 4 is 11.4 Å². The Morgan fingerprint density at radius 2 is 1.63 bits per heavy atom. The van der Waals surface area contributed by atoms with E-state index in [4.69, 9.17) is 5.73 Å². The van der Waals surface area contributed by atoms with Crippen LogP contribution in [-0.4, -0.2) is 13.1 Å². The third kappa shape index (κ3) is 2.28. The molecule has 1 spiro atoms. The SMILES string of the molecule is Nc1cc(F)cc(F)c1N1CC2(CCCCCC2)C1. The van der Waals surface area contributed by atoms with E-state index in [2.05, 4.69) is 0 Å². The van der Waals surface area contributed by atoms with Crippen molar-refractivity contribution in [1.29, 1.82) is 0 Å². The molecule has 3 rings (SSSR count). The smallest absolute Gasteiger partial charge is 0.151 e. The Hall–Kier alpha value is -1.32. The molecule has 1 aromatic carbocycles. The van der Waals surface area contributed by atoms with Gasteiger partial charge < -0.3 is 10.6 Å². The van der Waals surface area contributed by atoms with Crippen LogP contribution in [0.1, 0.15) is 38.5 Å². The zero-order chi connectivity index (χ0) is 13.5. The number of hydrogen-bond acceptors (Lipinski definition) is 2. The molecular weight excluding hydrogens is 246 g/mol. The van der Waals surface area contributed by atoms with E-state index in [0.29, 0.717) is 11.1 Å². The molecule has 1 aromatic rings. The summed E-state index contributed by atoms with van der Waals surface area (Å²) in [6.07, 6.45) is 7.63. The maximum absolute atomic E-state index is 13.9. The summed E-state index contributed by atoms with van der Waals surface area (Å²) in [5.41, 5.74) is 6.71. The van der Waals surface area contributed by atoms with Gasteiger partial charge in [-0.3, -0.25) is 0 Å². The zero-order valence-corrected chi connectivity index (χ0v) is 11.1. The molecule has 1 saturated heterocycles. The molecule has 2 fully saturated rings.